The molecule has 0 aromatic rings. The molecule has 0 aromatic heterocycles. The van der Waals surface area contributed by atoms with Gasteiger partial charge in [0, 0.05) is 20.6 Å². The first-order chi connectivity index (χ1) is 5.69. The first-order valence-electron chi connectivity index (χ1n) is 3.61. The van der Waals surface area contributed by atoms with Crippen molar-refractivity contribution in [2.24, 2.45) is 0 Å². The zero-order valence-corrected chi connectivity index (χ0v) is 7.02. The van der Waals surface area contributed by atoms with Gasteiger partial charge in [-0.05, 0) is 0 Å². The Morgan fingerprint density at radius 2 is 2.17 bits per heavy atom. The van der Waals surface area contributed by atoms with Crippen LogP contribution in [0.15, 0.2) is 0 Å². The zero-order valence-electron chi connectivity index (χ0n) is 7.02. The Labute approximate surface area is 70.2 Å². The van der Waals surface area contributed by atoms with Crippen LogP contribution in [0.2, 0.25) is 0 Å². The molecule has 1 heterocycles. The van der Waals surface area contributed by atoms with Crippen LogP contribution in [-0.4, -0.2) is 43.8 Å². The second kappa shape index (κ2) is 3.95. The van der Waals surface area contributed by atoms with Crippen molar-refractivity contribution >= 4 is 5.78 Å². The summed E-state index contributed by atoms with van der Waals surface area (Å²) in [7, 11) is 2.77. The largest absolute Gasteiger partial charge is 0.387 e. The van der Waals surface area contributed by atoms with E-state index < -0.39 is 18.7 Å². The van der Waals surface area contributed by atoms with Crippen molar-refractivity contribution in [3.8, 4) is 0 Å². The number of hydrogen-bond donors (Lipinski definition) is 1. The molecular weight excluding hydrogens is 164 g/mol. The minimum absolute atomic E-state index is 0.0109. The van der Waals surface area contributed by atoms with Gasteiger partial charge in [-0.25, -0.2) is 0 Å². The van der Waals surface area contributed by atoms with Gasteiger partial charge in [0.2, 0.25) is 6.29 Å². The van der Waals surface area contributed by atoms with Gasteiger partial charge in [-0.2, -0.15) is 0 Å². The lowest BCUT2D eigenvalue weighted by Crippen LogP contribution is -2.46. The van der Waals surface area contributed by atoms with Gasteiger partial charge >= 0.3 is 0 Å². The third-order valence-corrected chi connectivity index (χ3v) is 1.69. The van der Waals surface area contributed by atoms with Crippen molar-refractivity contribution in [3.63, 3.8) is 0 Å². The van der Waals surface area contributed by atoms with E-state index in [2.05, 4.69) is 0 Å². The van der Waals surface area contributed by atoms with Crippen LogP contribution in [0.4, 0.5) is 0 Å². The smallest absolute Gasteiger partial charge is 0.220 e. The van der Waals surface area contributed by atoms with Gasteiger partial charge in [0.05, 0.1) is 0 Å². The third-order valence-electron chi connectivity index (χ3n) is 1.69. The van der Waals surface area contributed by atoms with Crippen molar-refractivity contribution in [1.29, 1.82) is 0 Å². The molecule has 0 bridgehead atoms. The minimum Gasteiger partial charge on any atom is -0.387 e. The molecule has 70 valence electrons. The molecule has 1 aliphatic heterocycles. The van der Waals surface area contributed by atoms with Crippen molar-refractivity contribution in [1.82, 2.24) is 0 Å². The van der Waals surface area contributed by atoms with E-state index in [-0.39, 0.29) is 12.2 Å². The van der Waals surface area contributed by atoms with E-state index >= 15 is 0 Å². The molecule has 5 nitrogen and oxygen atoms in total. The highest BCUT2D eigenvalue weighted by atomic mass is 16.8. The Morgan fingerprint density at radius 1 is 1.50 bits per heavy atom. The maximum atomic E-state index is 11.0. The molecule has 1 fully saturated rings. The predicted molar refractivity (Wildman–Crippen MR) is 38.3 cm³/mol. The standard InChI is InChI=1S/C7H12O5/c1-10-6-4(8)3-5(9)7(11-2)12-6/h4,6-8H,3H2,1-2H3. The van der Waals surface area contributed by atoms with Crippen LogP contribution in [0.5, 0.6) is 0 Å². The Bertz CT molecular complexity index is 169. The zero-order chi connectivity index (χ0) is 9.14. The average Bonchev–Trinajstić information content (AvgIpc) is 2.05. The van der Waals surface area contributed by atoms with Gasteiger partial charge in [0.25, 0.3) is 0 Å². The lowest BCUT2D eigenvalue weighted by atomic mass is 10.1. The molecule has 1 aliphatic rings. The number of ether oxygens (including phenoxy) is 3. The predicted octanol–water partition coefficient (Wildman–Crippen LogP) is -0.718. The van der Waals surface area contributed by atoms with Gasteiger partial charge in [0.15, 0.2) is 12.1 Å². The molecule has 0 radical (unpaired) electrons. The highest BCUT2D eigenvalue weighted by molar-refractivity contribution is 5.82. The summed E-state index contributed by atoms with van der Waals surface area (Å²) in [6.07, 6.45) is -2.56. The molecule has 0 amide bonds. The molecule has 1 saturated heterocycles. The Balaban J connectivity index is 2.56. The maximum Gasteiger partial charge on any atom is 0.220 e. The lowest BCUT2D eigenvalue weighted by molar-refractivity contribution is -0.268. The summed E-state index contributed by atoms with van der Waals surface area (Å²) >= 11 is 0. The van der Waals surface area contributed by atoms with Gasteiger partial charge in [-0.1, -0.05) is 0 Å². The maximum absolute atomic E-state index is 11.0. The van der Waals surface area contributed by atoms with Gasteiger partial charge in [-0.3, -0.25) is 4.79 Å². The van der Waals surface area contributed by atoms with E-state index in [0.29, 0.717) is 0 Å². The molecule has 0 aromatic carbocycles. The number of ketones is 1. The van der Waals surface area contributed by atoms with Crippen LogP contribution < -0.4 is 0 Å². The number of rotatable bonds is 2. The third kappa shape index (κ3) is 1.81. The van der Waals surface area contributed by atoms with Crippen molar-refractivity contribution in [2.45, 2.75) is 25.1 Å². The number of aliphatic hydroxyl groups excluding tert-OH is 1. The summed E-state index contributed by atoms with van der Waals surface area (Å²) in [6, 6.07) is 0. The number of Topliss-reactive ketones (excluding diaryl/α,β-unsaturated/α-hetero) is 1. The normalized spacial score (nSPS) is 36.9. The molecular formula is C7H12O5. The first kappa shape index (κ1) is 9.60. The molecule has 0 spiro atoms. The van der Waals surface area contributed by atoms with E-state index in [4.69, 9.17) is 14.2 Å². The van der Waals surface area contributed by atoms with E-state index in [1.54, 1.807) is 0 Å². The second-order valence-corrected chi connectivity index (χ2v) is 2.55. The van der Waals surface area contributed by atoms with Crippen molar-refractivity contribution < 1.29 is 24.1 Å². The Morgan fingerprint density at radius 3 is 2.67 bits per heavy atom. The summed E-state index contributed by atoms with van der Waals surface area (Å²) in [5.41, 5.74) is 0. The number of carbonyl (C=O) groups excluding carboxylic acids is 1. The van der Waals surface area contributed by atoms with Crippen LogP contribution in [0.1, 0.15) is 6.42 Å². The fraction of sp³-hybridized carbons (Fsp3) is 0.857. The monoisotopic (exact) mass is 176 g/mol. The van der Waals surface area contributed by atoms with E-state index in [9.17, 15) is 9.90 Å². The minimum atomic E-state index is -0.904. The number of aliphatic hydroxyl groups is 1. The van der Waals surface area contributed by atoms with Crippen LogP contribution in [0, 0.1) is 0 Å². The van der Waals surface area contributed by atoms with Crippen LogP contribution >= 0.6 is 0 Å². The summed E-state index contributed by atoms with van der Waals surface area (Å²) in [5.74, 6) is -0.265. The molecule has 3 atom stereocenters. The number of hydrogen-bond acceptors (Lipinski definition) is 5. The summed E-state index contributed by atoms with van der Waals surface area (Å²) < 4.78 is 14.5. The summed E-state index contributed by atoms with van der Waals surface area (Å²) in [5, 5.41) is 9.23. The average molecular weight is 176 g/mol. The van der Waals surface area contributed by atoms with Gasteiger partial charge < -0.3 is 19.3 Å². The molecule has 12 heavy (non-hydrogen) atoms. The van der Waals surface area contributed by atoms with Gasteiger partial charge in [0.1, 0.15) is 6.10 Å². The second-order valence-electron chi connectivity index (χ2n) is 2.55. The fourth-order valence-corrected chi connectivity index (χ4v) is 1.09. The molecule has 0 aliphatic carbocycles. The molecule has 1 N–H and O–H groups in total. The van der Waals surface area contributed by atoms with E-state index in [1.807, 2.05) is 0 Å². The molecule has 3 unspecified atom stereocenters. The van der Waals surface area contributed by atoms with E-state index in [0.717, 1.165) is 0 Å². The van der Waals surface area contributed by atoms with Crippen LogP contribution in [0.3, 0.4) is 0 Å². The summed E-state index contributed by atoms with van der Waals surface area (Å²) in [6.45, 7) is 0. The van der Waals surface area contributed by atoms with Gasteiger partial charge in [-0.15, -0.1) is 0 Å². The Hall–Kier alpha value is -0.490. The quantitative estimate of drug-likeness (QED) is 0.601. The lowest BCUT2D eigenvalue weighted by Gasteiger charge is -2.30. The Kier molecular flexibility index (Phi) is 3.16. The fourth-order valence-electron chi connectivity index (χ4n) is 1.09. The van der Waals surface area contributed by atoms with Crippen molar-refractivity contribution in [2.75, 3.05) is 14.2 Å². The van der Waals surface area contributed by atoms with Crippen molar-refractivity contribution in [3.05, 3.63) is 0 Å². The molecule has 0 saturated carbocycles. The highest BCUT2D eigenvalue weighted by Crippen LogP contribution is 2.17. The number of carbonyl (C=O) groups is 1. The van der Waals surface area contributed by atoms with E-state index in [1.165, 1.54) is 14.2 Å². The first-order valence-corrected chi connectivity index (χ1v) is 3.61. The van der Waals surface area contributed by atoms with Crippen LogP contribution in [-0.2, 0) is 19.0 Å². The van der Waals surface area contributed by atoms with Crippen LogP contribution in [0.25, 0.3) is 0 Å². The highest BCUT2D eigenvalue weighted by Gasteiger charge is 2.35. The molecule has 1 rings (SSSR count). The summed E-state index contributed by atoms with van der Waals surface area (Å²) in [4.78, 5) is 11.0. The topological polar surface area (TPSA) is 65.0 Å². The molecule has 5 heteroatoms. The SMILES string of the molecule is COC1OC(OC)C(O)CC1=O. The number of methoxy groups -OCH3 is 2.